The van der Waals surface area contributed by atoms with Crippen LogP contribution in [-0.4, -0.2) is 53.4 Å². The van der Waals surface area contributed by atoms with E-state index in [1.165, 1.54) is 4.31 Å². The molecule has 0 unspecified atom stereocenters. The van der Waals surface area contributed by atoms with Crippen LogP contribution >= 0.6 is 0 Å². The maximum Gasteiger partial charge on any atom is 0.238 e. The third kappa shape index (κ3) is 3.53. The van der Waals surface area contributed by atoms with Gasteiger partial charge in [-0.25, -0.2) is 13.4 Å². The molecule has 0 aliphatic carbocycles. The Balaban J connectivity index is 1.57. The number of carbonyl (C=O) groups excluding carboxylic acids is 1. The van der Waals surface area contributed by atoms with Crippen LogP contribution in [0.4, 0.5) is 0 Å². The van der Waals surface area contributed by atoms with E-state index in [1.807, 2.05) is 35.0 Å². The van der Waals surface area contributed by atoms with Crippen LogP contribution in [0, 0.1) is 0 Å². The van der Waals surface area contributed by atoms with Crippen molar-refractivity contribution in [3.8, 4) is 0 Å². The molecule has 1 aliphatic rings. The highest BCUT2D eigenvalue weighted by atomic mass is 32.2. The van der Waals surface area contributed by atoms with E-state index in [2.05, 4.69) is 10.3 Å². The topological polar surface area (TPSA) is 83.8 Å². The number of hydrogen-bond donors (Lipinski definition) is 1. The fraction of sp³-hybridized carbons (Fsp3) is 0.467. The van der Waals surface area contributed by atoms with E-state index in [1.54, 1.807) is 0 Å². The number of rotatable bonds is 5. The number of fused-ring (bicyclic) bond motifs is 1. The van der Waals surface area contributed by atoms with Gasteiger partial charge in [-0.1, -0.05) is 6.07 Å². The Hall–Kier alpha value is -1.93. The molecule has 0 aromatic carbocycles. The van der Waals surface area contributed by atoms with E-state index < -0.39 is 16.1 Å². The van der Waals surface area contributed by atoms with Gasteiger partial charge in [0.25, 0.3) is 0 Å². The standard InChI is InChI=1S/C15H20N4O3S/c1-23(21,22)19-10-4-5-13(19)15(20)16-8-7-12-11-18-9-3-2-6-14(18)17-12/h2-3,6,9,11,13H,4-5,7-8,10H2,1H3,(H,16,20)/t13-/m1/s1. The van der Waals surface area contributed by atoms with Crippen molar-refractivity contribution in [1.29, 1.82) is 0 Å². The van der Waals surface area contributed by atoms with Gasteiger partial charge >= 0.3 is 0 Å². The summed E-state index contributed by atoms with van der Waals surface area (Å²) in [4.78, 5) is 16.7. The molecule has 2 aromatic heterocycles. The Morgan fingerprint density at radius 2 is 2.26 bits per heavy atom. The highest BCUT2D eigenvalue weighted by molar-refractivity contribution is 7.88. The zero-order chi connectivity index (χ0) is 16.4. The Bertz CT molecular complexity index is 782. The van der Waals surface area contributed by atoms with Gasteiger partial charge in [0, 0.05) is 31.9 Å². The van der Waals surface area contributed by atoms with E-state index in [9.17, 15) is 13.2 Å². The van der Waals surface area contributed by atoms with E-state index >= 15 is 0 Å². The van der Waals surface area contributed by atoms with Gasteiger partial charge in [0.1, 0.15) is 11.7 Å². The van der Waals surface area contributed by atoms with Crippen molar-refractivity contribution < 1.29 is 13.2 Å². The smallest absolute Gasteiger partial charge is 0.238 e. The van der Waals surface area contributed by atoms with Crippen molar-refractivity contribution in [2.75, 3.05) is 19.3 Å². The average molecular weight is 336 g/mol. The molecule has 1 saturated heterocycles. The van der Waals surface area contributed by atoms with Crippen LogP contribution in [0.15, 0.2) is 30.6 Å². The van der Waals surface area contributed by atoms with Gasteiger partial charge in [-0.3, -0.25) is 4.79 Å². The first-order valence-electron chi connectivity index (χ1n) is 7.62. The van der Waals surface area contributed by atoms with E-state index in [-0.39, 0.29) is 5.91 Å². The lowest BCUT2D eigenvalue weighted by Gasteiger charge is -2.21. The third-order valence-electron chi connectivity index (χ3n) is 4.03. The molecular formula is C15H20N4O3S. The highest BCUT2D eigenvalue weighted by Gasteiger charge is 2.36. The highest BCUT2D eigenvalue weighted by Crippen LogP contribution is 2.20. The van der Waals surface area contributed by atoms with Crippen LogP contribution in [0.25, 0.3) is 5.65 Å². The van der Waals surface area contributed by atoms with Crippen molar-refractivity contribution in [2.45, 2.75) is 25.3 Å². The Morgan fingerprint density at radius 3 is 3.00 bits per heavy atom. The quantitative estimate of drug-likeness (QED) is 0.857. The Labute approximate surface area is 135 Å². The molecule has 2 aromatic rings. The predicted octanol–water partition coefficient (Wildman–Crippen LogP) is 0.417. The minimum absolute atomic E-state index is 0.225. The van der Waals surface area contributed by atoms with E-state index in [4.69, 9.17) is 0 Å². The lowest BCUT2D eigenvalue weighted by Crippen LogP contribution is -2.45. The van der Waals surface area contributed by atoms with Gasteiger partial charge in [0.05, 0.1) is 11.9 Å². The van der Waals surface area contributed by atoms with Crippen LogP contribution in [0.5, 0.6) is 0 Å². The maximum atomic E-state index is 12.2. The average Bonchev–Trinajstić information content (AvgIpc) is 3.13. The summed E-state index contributed by atoms with van der Waals surface area (Å²) in [5, 5.41) is 2.83. The molecule has 23 heavy (non-hydrogen) atoms. The van der Waals surface area contributed by atoms with Crippen molar-refractivity contribution in [3.63, 3.8) is 0 Å². The number of nitrogens with zero attached hydrogens (tertiary/aromatic N) is 3. The molecule has 7 nitrogen and oxygen atoms in total. The van der Waals surface area contributed by atoms with E-state index in [0.29, 0.717) is 25.9 Å². The normalized spacial score (nSPS) is 19.3. The maximum absolute atomic E-state index is 12.2. The lowest BCUT2D eigenvalue weighted by atomic mass is 10.2. The second-order valence-electron chi connectivity index (χ2n) is 5.77. The molecule has 0 bridgehead atoms. The van der Waals surface area contributed by atoms with Crippen LogP contribution in [0.2, 0.25) is 0 Å². The SMILES string of the molecule is CS(=O)(=O)N1CCC[C@@H]1C(=O)NCCc1cn2ccccc2n1. The zero-order valence-electron chi connectivity index (χ0n) is 13.0. The molecule has 124 valence electrons. The van der Waals surface area contributed by atoms with Gasteiger partial charge < -0.3 is 9.72 Å². The number of amides is 1. The predicted molar refractivity (Wildman–Crippen MR) is 86.5 cm³/mol. The first-order valence-corrected chi connectivity index (χ1v) is 9.47. The monoisotopic (exact) mass is 336 g/mol. The molecule has 0 radical (unpaired) electrons. The molecule has 0 spiro atoms. The molecule has 1 fully saturated rings. The first-order chi connectivity index (χ1) is 10.9. The first kappa shape index (κ1) is 15.9. The minimum Gasteiger partial charge on any atom is -0.354 e. The van der Waals surface area contributed by atoms with E-state index in [0.717, 1.165) is 24.0 Å². The molecule has 1 amide bonds. The third-order valence-corrected chi connectivity index (χ3v) is 5.32. The summed E-state index contributed by atoms with van der Waals surface area (Å²) >= 11 is 0. The molecule has 1 aliphatic heterocycles. The number of sulfonamides is 1. The molecule has 1 atom stereocenters. The number of aromatic nitrogens is 2. The second-order valence-corrected chi connectivity index (χ2v) is 7.71. The fourth-order valence-electron chi connectivity index (χ4n) is 2.94. The van der Waals surface area contributed by atoms with Gasteiger partial charge in [0.2, 0.25) is 15.9 Å². The number of hydrogen-bond acceptors (Lipinski definition) is 4. The second kappa shape index (κ2) is 6.29. The van der Waals surface area contributed by atoms with Crippen molar-refractivity contribution >= 4 is 21.6 Å². The fourth-order valence-corrected chi connectivity index (χ4v) is 4.06. The van der Waals surface area contributed by atoms with Crippen LogP contribution in [0.1, 0.15) is 18.5 Å². The van der Waals surface area contributed by atoms with Crippen molar-refractivity contribution in [2.24, 2.45) is 0 Å². The molecule has 1 N–H and O–H groups in total. The summed E-state index contributed by atoms with van der Waals surface area (Å²) < 4.78 is 26.6. The number of pyridine rings is 1. The summed E-state index contributed by atoms with van der Waals surface area (Å²) in [7, 11) is -3.33. The lowest BCUT2D eigenvalue weighted by molar-refractivity contribution is -0.124. The molecule has 8 heteroatoms. The summed E-state index contributed by atoms with van der Waals surface area (Å²) in [6.45, 7) is 0.861. The molecule has 0 saturated carbocycles. The van der Waals surface area contributed by atoms with Crippen molar-refractivity contribution in [3.05, 3.63) is 36.3 Å². The minimum atomic E-state index is -3.33. The van der Waals surface area contributed by atoms with Gasteiger partial charge in [0.15, 0.2) is 0 Å². The Morgan fingerprint density at radius 1 is 1.43 bits per heavy atom. The summed E-state index contributed by atoms with van der Waals surface area (Å²) in [6, 6.07) is 5.20. The summed E-state index contributed by atoms with van der Waals surface area (Å²) in [6.07, 6.45) is 6.91. The molecule has 3 heterocycles. The summed E-state index contributed by atoms with van der Waals surface area (Å²) in [5.41, 5.74) is 1.76. The molecule has 3 rings (SSSR count). The zero-order valence-corrected chi connectivity index (χ0v) is 13.8. The van der Waals surface area contributed by atoms with Crippen LogP contribution < -0.4 is 5.32 Å². The summed E-state index contributed by atoms with van der Waals surface area (Å²) in [5.74, 6) is -0.225. The number of carbonyl (C=O) groups is 1. The van der Waals surface area contributed by atoms with Gasteiger partial charge in [-0.05, 0) is 25.0 Å². The van der Waals surface area contributed by atoms with Gasteiger partial charge in [-0.2, -0.15) is 4.31 Å². The van der Waals surface area contributed by atoms with Gasteiger partial charge in [-0.15, -0.1) is 0 Å². The number of nitrogens with one attached hydrogen (secondary N) is 1. The van der Waals surface area contributed by atoms with Crippen LogP contribution in [0.3, 0.4) is 0 Å². The largest absolute Gasteiger partial charge is 0.354 e. The van der Waals surface area contributed by atoms with Crippen molar-refractivity contribution in [1.82, 2.24) is 19.0 Å². The Kier molecular flexibility index (Phi) is 4.36. The molecular weight excluding hydrogens is 316 g/mol. The number of imidazole rings is 1. The van der Waals surface area contributed by atoms with Crippen LogP contribution in [-0.2, 0) is 21.2 Å².